The predicted molar refractivity (Wildman–Crippen MR) is 75.6 cm³/mol. The zero-order valence-electron chi connectivity index (χ0n) is 10.7. The fourth-order valence-corrected chi connectivity index (χ4v) is 2.70. The number of pyridine rings is 1. The van der Waals surface area contributed by atoms with Crippen LogP contribution in [-0.4, -0.2) is 28.0 Å². The SMILES string of the molecule is N#Cc1cnc(N2CCC(c3ncccn3)C2)c(Cl)c1. The zero-order chi connectivity index (χ0) is 13.9. The van der Waals surface area contributed by atoms with Gasteiger partial charge in [-0.3, -0.25) is 0 Å². The lowest BCUT2D eigenvalue weighted by Crippen LogP contribution is -2.21. The number of anilines is 1. The van der Waals surface area contributed by atoms with E-state index in [2.05, 4.69) is 19.9 Å². The highest BCUT2D eigenvalue weighted by Gasteiger charge is 2.27. The van der Waals surface area contributed by atoms with E-state index in [1.54, 1.807) is 24.7 Å². The lowest BCUT2D eigenvalue weighted by Gasteiger charge is -2.18. The Bertz CT molecular complexity index is 652. The molecule has 0 bridgehead atoms. The smallest absolute Gasteiger partial charge is 0.147 e. The molecule has 2 aromatic heterocycles. The average molecular weight is 286 g/mol. The number of nitrogens with zero attached hydrogens (tertiary/aromatic N) is 5. The molecule has 6 heteroatoms. The maximum atomic E-state index is 8.83. The van der Waals surface area contributed by atoms with Crippen molar-refractivity contribution in [2.24, 2.45) is 0 Å². The van der Waals surface area contributed by atoms with Crippen LogP contribution in [0.15, 0.2) is 30.7 Å². The van der Waals surface area contributed by atoms with Crippen LogP contribution in [0.25, 0.3) is 0 Å². The minimum atomic E-state index is 0.296. The quantitative estimate of drug-likeness (QED) is 0.847. The molecule has 0 N–H and O–H groups in total. The van der Waals surface area contributed by atoms with Gasteiger partial charge in [-0.25, -0.2) is 15.0 Å². The second-order valence-corrected chi connectivity index (χ2v) is 5.09. The first-order chi connectivity index (χ1) is 9.78. The van der Waals surface area contributed by atoms with E-state index >= 15 is 0 Å². The lowest BCUT2D eigenvalue weighted by molar-refractivity contribution is 0.708. The first-order valence-electron chi connectivity index (χ1n) is 6.35. The minimum Gasteiger partial charge on any atom is -0.355 e. The van der Waals surface area contributed by atoms with Crippen molar-refractivity contribution in [3.8, 4) is 6.07 Å². The highest BCUT2D eigenvalue weighted by molar-refractivity contribution is 6.33. The summed E-state index contributed by atoms with van der Waals surface area (Å²) in [5.41, 5.74) is 0.473. The minimum absolute atomic E-state index is 0.296. The van der Waals surface area contributed by atoms with Crippen LogP contribution in [-0.2, 0) is 0 Å². The zero-order valence-corrected chi connectivity index (χ0v) is 11.5. The third-order valence-electron chi connectivity index (χ3n) is 3.39. The molecule has 0 spiro atoms. The molecule has 1 unspecified atom stereocenters. The van der Waals surface area contributed by atoms with Gasteiger partial charge in [-0.15, -0.1) is 0 Å². The summed E-state index contributed by atoms with van der Waals surface area (Å²) in [6.07, 6.45) is 6.05. The van der Waals surface area contributed by atoms with Crippen molar-refractivity contribution in [3.05, 3.63) is 47.1 Å². The van der Waals surface area contributed by atoms with Crippen LogP contribution < -0.4 is 4.90 Å². The van der Waals surface area contributed by atoms with Crippen molar-refractivity contribution in [1.29, 1.82) is 5.26 Å². The van der Waals surface area contributed by atoms with Crippen molar-refractivity contribution in [2.75, 3.05) is 18.0 Å². The van der Waals surface area contributed by atoms with E-state index in [9.17, 15) is 0 Å². The van der Waals surface area contributed by atoms with E-state index in [0.29, 0.717) is 16.5 Å². The molecule has 0 radical (unpaired) electrons. The molecule has 0 saturated carbocycles. The van der Waals surface area contributed by atoms with Gasteiger partial charge in [-0.05, 0) is 18.6 Å². The molecule has 0 aromatic carbocycles. The van der Waals surface area contributed by atoms with E-state index in [1.807, 2.05) is 12.1 Å². The topological polar surface area (TPSA) is 65.7 Å². The van der Waals surface area contributed by atoms with E-state index in [0.717, 1.165) is 31.2 Å². The molecule has 5 nitrogen and oxygen atoms in total. The molecular formula is C14H12ClN5. The summed E-state index contributed by atoms with van der Waals surface area (Å²) in [5, 5.41) is 9.34. The van der Waals surface area contributed by atoms with Gasteiger partial charge >= 0.3 is 0 Å². The molecule has 20 heavy (non-hydrogen) atoms. The number of nitriles is 1. The maximum Gasteiger partial charge on any atom is 0.147 e. The fourth-order valence-electron chi connectivity index (χ4n) is 2.41. The van der Waals surface area contributed by atoms with Crippen LogP contribution in [0.3, 0.4) is 0 Å². The second kappa shape index (κ2) is 5.43. The summed E-state index contributed by atoms with van der Waals surface area (Å²) in [5.74, 6) is 1.88. The van der Waals surface area contributed by atoms with Gasteiger partial charge < -0.3 is 4.90 Å². The van der Waals surface area contributed by atoms with Gasteiger partial charge in [0.1, 0.15) is 17.7 Å². The predicted octanol–water partition coefficient (Wildman–Crippen LogP) is 2.39. The summed E-state index contributed by atoms with van der Waals surface area (Å²) in [6, 6.07) is 5.50. The Kier molecular flexibility index (Phi) is 3.48. The molecule has 3 heterocycles. The lowest BCUT2D eigenvalue weighted by atomic mass is 10.1. The Labute approximate surface area is 121 Å². The van der Waals surface area contributed by atoms with Crippen molar-refractivity contribution in [1.82, 2.24) is 15.0 Å². The molecule has 1 atom stereocenters. The highest BCUT2D eigenvalue weighted by atomic mass is 35.5. The number of hydrogen-bond donors (Lipinski definition) is 0. The number of rotatable bonds is 2. The summed E-state index contributed by atoms with van der Waals surface area (Å²) in [7, 11) is 0. The van der Waals surface area contributed by atoms with Crippen LogP contribution in [0, 0.1) is 11.3 Å². The van der Waals surface area contributed by atoms with Gasteiger partial charge in [0.05, 0.1) is 10.6 Å². The van der Waals surface area contributed by atoms with E-state index in [-0.39, 0.29) is 0 Å². The first kappa shape index (κ1) is 12.8. The van der Waals surface area contributed by atoms with Gasteiger partial charge in [0.15, 0.2) is 0 Å². The standard InChI is InChI=1S/C14H12ClN5/c15-12-6-10(7-16)8-19-14(12)20-5-2-11(9-20)13-17-3-1-4-18-13/h1,3-4,6,8,11H,2,5,9H2. The molecule has 0 aliphatic carbocycles. The van der Waals surface area contributed by atoms with Crippen molar-refractivity contribution in [2.45, 2.75) is 12.3 Å². The third-order valence-corrected chi connectivity index (χ3v) is 3.67. The molecule has 2 aromatic rings. The van der Waals surface area contributed by atoms with Crippen molar-refractivity contribution in [3.63, 3.8) is 0 Å². The van der Waals surface area contributed by atoms with Crippen LogP contribution in [0.2, 0.25) is 5.02 Å². The van der Waals surface area contributed by atoms with Crippen molar-refractivity contribution >= 4 is 17.4 Å². The number of halogens is 1. The van der Waals surface area contributed by atoms with Crippen LogP contribution in [0.5, 0.6) is 0 Å². The molecular weight excluding hydrogens is 274 g/mol. The van der Waals surface area contributed by atoms with E-state index in [1.165, 1.54) is 0 Å². The Morgan fingerprint density at radius 2 is 2.10 bits per heavy atom. The largest absolute Gasteiger partial charge is 0.355 e. The van der Waals surface area contributed by atoms with Crippen LogP contribution in [0.1, 0.15) is 23.7 Å². The number of hydrogen-bond acceptors (Lipinski definition) is 5. The van der Waals surface area contributed by atoms with Gasteiger partial charge in [0.25, 0.3) is 0 Å². The van der Waals surface area contributed by atoms with Crippen molar-refractivity contribution < 1.29 is 0 Å². The van der Waals surface area contributed by atoms with Crippen LogP contribution >= 0.6 is 11.6 Å². The average Bonchev–Trinajstić information content (AvgIpc) is 2.97. The monoisotopic (exact) mass is 285 g/mol. The number of aromatic nitrogens is 3. The molecule has 100 valence electrons. The van der Waals surface area contributed by atoms with Crippen LogP contribution in [0.4, 0.5) is 5.82 Å². The first-order valence-corrected chi connectivity index (χ1v) is 6.73. The molecule has 0 amide bonds. The Morgan fingerprint density at radius 1 is 1.30 bits per heavy atom. The highest BCUT2D eigenvalue weighted by Crippen LogP contribution is 2.31. The van der Waals surface area contributed by atoms with Gasteiger partial charge in [-0.1, -0.05) is 11.6 Å². The molecule has 1 aliphatic rings. The van der Waals surface area contributed by atoms with Gasteiger partial charge in [0, 0.05) is 37.6 Å². The Hall–Kier alpha value is -2.19. The molecule has 1 saturated heterocycles. The Balaban J connectivity index is 1.79. The fraction of sp³-hybridized carbons (Fsp3) is 0.286. The summed E-state index contributed by atoms with van der Waals surface area (Å²) >= 11 is 6.20. The molecule has 3 rings (SSSR count). The summed E-state index contributed by atoms with van der Waals surface area (Å²) < 4.78 is 0. The Morgan fingerprint density at radius 3 is 2.80 bits per heavy atom. The van der Waals surface area contributed by atoms with Gasteiger partial charge in [0.2, 0.25) is 0 Å². The maximum absolute atomic E-state index is 8.83. The van der Waals surface area contributed by atoms with Gasteiger partial charge in [-0.2, -0.15) is 5.26 Å². The molecule has 1 aliphatic heterocycles. The second-order valence-electron chi connectivity index (χ2n) is 4.68. The summed E-state index contributed by atoms with van der Waals surface area (Å²) in [6.45, 7) is 1.66. The third kappa shape index (κ3) is 2.43. The molecule has 1 fully saturated rings. The van der Waals surface area contributed by atoms with E-state index < -0.39 is 0 Å². The normalized spacial score (nSPS) is 18.0. The summed E-state index contributed by atoms with van der Waals surface area (Å²) in [4.78, 5) is 15.0. The van der Waals surface area contributed by atoms with E-state index in [4.69, 9.17) is 16.9 Å².